The van der Waals surface area contributed by atoms with E-state index in [0.29, 0.717) is 21.1 Å². The van der Waals surface area contributed by atoms with Crippen LogP contribution in [0.1, 0.15) is 0 Å². The minimum atomic E-state index is 0.333. The van der Waals surface area contributed by atoms with Crippen LogP contribution in [0.25, 0.3) is 11.3 Å². The molecular weight excluding hydrogens is 394 g/mol. The lowest BCUT2D eigenvalue weighted by Gasteiger charge is -1.99. The Hall–Kier alpha value is -0.270. The van der Waals surface area contributed by atoms with Gasteiger partial charge in [-0.05, 0) is 56.7 Å². The van der Waals surface area contributed by atoms with Gasteiger partial charge in [0.05, 0.1) is 5.02 Å². The molecule has 0 saturated carbocycles. The van der Waals surface area contributed by atoms with Gasteiger partial charge in [-0.1, -0.05) is 16.8 Å². The Labute approximate surface area is 113 Å². The Morgan fingerprint density at radius 3 is 2.73 bits per heavy atom. The average molecular weight is 399 g/mol. The zero-order chi connectivity index (χ0) is 11.0. The summed E-state index contributed by atoms with van der Waals surface area (Å²) < 4.78 is 6.73. The molecule has 0 atom stereocenters. The number of benzene rings is 1. The van der Waals surface area contributed by atoms with Crippen molar-refractivity contribution in [1.82, 2.24) is 5.16 Å². The molecule has 6 heteroatoms. The number of hydrogen-bond donors (Lipinski definition) is 1. The first-order valence-electron chi connectivity index (χ1n) is 3.95. The number of hydrogen-bond acceptors (Lipinski definition) is 3. The number of nitrogens with two attached hydrogens (primary N) is 1. The standard InChI is InChI=1S/C9H5BrClIN2O/c10-7-8(15-14-9(7)13)4-1-2-6(12)5(11)3-4/h1-3H,(H2,13,14). The van der Waals surface area contributed by atoms with Crippen LogP contribution in [0.4, 0.5) is 5.82 Å². The molecule has 1 aromatic heterocycles. The molecule has 0 fully saturated rings. The topological polar surface area (TPSA) is 52.0 Å². The van der Waals surface area contributed by atoms with Crippen molar-refractivity contribution in [2.75, 3.05) is 5.73 Å². The lowest BCUT2D eigenvalue weighted by Crippen LogP contribution is -1.83. The van der Waals surface area contributed by atoms with E-state index in [1.54, 1.807) is 0 Å². The van der Waals surface area contributed by atoms with Gasteiger partial charge < -0.3 is 10.3 Å². The van der Waals surface area contributed by atoms with Gasteiger partial charge in [-0.3, -0.25) is 0 Å². The Morgan fingerprint density at radius 2 is 2.20 bits per heavy atom. The number of nitrogens with zero attached hydrogens (tertiary/aromatic N) is 1. The summed E-state index contributed by atoms with van der Waals surface area (Å²) in [4.78, 5) is 0. The average Bonchev–Trinajstić information content (AvgIpc) is 2.53. The van der Waals surface area contributed by atoms with E-state index in [0.717, 1.165) is 9.13 Å². The van der Waals surface area contributed by atoms with Crippen molar-refractivity contribution in [2.24, 2.45) is 0 Å². The molecule has 3 nitrogen and oxygen atoms in total. The normalized spacial score (nSPS) is 10.6. The van der Waals surface area contributed by atoms with E-state index in [9.17, 15) is 0 Å². The van der Waals surface area contributed by atoms with E-state index in [-0.39, 0.29) is 0 Å². The zero-order valence-corrected chi connectivity index (χ0v) is 11.8. The van der Waals surface area contributed by atoms with Gasteiger partial charge in [0.25, 0.3) is 0 Å². The number of anilines is 1. The first kappa shape index (κ1) is 11.2. The van der Waals surface area contributed by atoms with Gasteiger partial charge in [-0.15, -0.1) is 0 Å². The highest BCUT2D eigenvalue weighted by Gasteiger charge is 2.13. The molecule has 1 aromatic carbocycles. The maximum absolute atomic E-state index is 6.01. The molecule has 0 aliphatic rings. The van der Waals surface area contributed by atoms with E-state index in [1.165, 1.54) is 0 Å². The number of rotatable bonds is 1. The Balaban J connectivity index is 2.55. The van der Waals surface area contributed by atoms with Crippen LogP contribution < -0.4 is 5.73 Å². The van der Waals surface area contributed by atoms with E-state index in [1.807, 2.05) is 18.2 Å². The van der Waals surface area contributed by atoms with Crippen LogP contribution >= 0.6 is 50.1 Å². The minimum Gasteiger partial charge on any atom is -0.380 e. The van der Waals surface area contributed by atoms with Crippen molar-refractivity contribution in [3.63, 3.8) is 0 Å². The summed E-state index contributed by atoms with van der Waals surface area (Å²) in [5.74, 6) is 0.922. The van der Waals surface area contributed by atoms with Crippen molar-refractivity contribution < 1.29 is 4.52 Å². The molecule has 15 heavy (non-hydrogen) atoms. The molecule has 0 unspecified atom stereocenters. The highest BCUT2D eigenvalue weighted by molar-refractivity contribution is 14.1. The quantitative estimate of drug-likeness (QED) is 0.739. The first-order chi connectivity index (χ1) is 7.09. The predicted molar refractivity (Wildman–Crippen MR) is 71.8 cm³/mol. The summed E-state index contributed by atoms with van der Waals surface area (Å²) >= 11 is 11.5. The Morgan fingerprint density at radius 1 is 1.47 bits per heavy atom. The number of aromatic nitrogens is 1. The van der Waals surface area contributed by atoms with Crippen molar-refractivity contribution in [2.45, 2.75) is 0 Å². The van der Waals surface area contributed by atoms with Crippen LogP contribution in [0.5, 0.6) is 0 Å². The third-order valence-corrected chi connectivity index (χ3v) is 4.18. The smallest absolute Gasteiger partial charge is 0.183 e. The molecule has 2 aromatic rings. The fourth-order valence-corrected chi connectivity index (χ4v) is 2.00. The van der Waals surface area contributed by atoms with Crippen molar-refractivity contribution in [3.05, 3.63) is 31.3 Å². The van der Waals surface area contributed by atoms with Gasteiger partial charge in [0.15, 0.2) is 11.6 Å². The molecule has 0 saturated heterocycles. The van der Waals surface area contributed by atoms with Gasteiger partial charge in [0.1, 0.15) is 4.47 Å². The van der Waals surface area contributed by atoms with Gasteiger partial charge in [0, 0.05) is 9.13 Å². The second kappa shape index (κ2) is 4.31. The molecule has 1 heterocycles. The maximum atomic E-state index is 6.01. The lowest BCUT2D eigenvalue weighted by molar-refractivity contribution is 0.435. The summed E-state index contributed by atoms with van der Waals surface area (Å²) in [6.45, 7) is 0. The largest absolute Gasteiger partial charge is 0.380 e. The van der Waals surface area contributed by atoms with Crippen LogP contribution in [-0.4, -0.2) is 5.16 Å². The third kappa shape index (κ3) is 2.14. The molecule has 2 rings (SSSR count). The van der Waals surface area contributed by atoms with Gasteiger partial charge in [-0.2, -0.15) is 0 Å². The summed E-state index contributed by atoms with van der Waals surface area (Å²) in [6, 6.07) is 5.62. The van der Waals surface area contributed by atoms with Crippen molar-refractivity contribution in [3.8, 4) is 11.3 Å². The molecule has 0 aliphatic carbocycles. The predicted octanol–water partition coefficient (Wildman–Crippen LogP) is 3.94. The zero-order valence-electron chi connectivity index (χ0n) is 7.30. The van der Waals surface area contributed by atoms with E-state index < -0.39 is 0 Å². The first-order valence-corrected chi connectivity index (χ1v) is 6.20. The Bertz CT molecular complexity index is 515. The molecule has 0 amide bonds. The monoisotopic (exact) mass is 398 g/mol. The molecule has 2 N–H and O–H groups in total. The molecule has 0 radical (unpaired) electrons. The molecule has 0 spiro atoms. The lowest BCUT2D eigenvalue weighted by atomic mass is 10.2. The van der Waals surface area contributed by atoms with Gasteiger partial charge in [-0.25, -0.2) is 0 Å². The second-order valence-corrected chi connectivity index (χ2v) is 5.20. The Kier molecular flexibility index (Phi) is 3.22. The minimum absolute atomic E-state index is 0.333. The molecule has 78 valence electrons. The van der Waals surface area contributed by atoms with Crippen LogP contribution in [0, 0.1) is 3.57 Å². The van der Waals surface area contributed by atoms with E-state index in [4.69, 9.17) is 21.9 Å². The van der Waals surface area contributed by atoms with E-state index in [2.05, 4.69) is 43.7 Å². The second-order valence-electron chi connectivity index (χ2n) is 2.84. The molecule has 0 bridgehead atoms. The van der Waals surface area contributed by atoms with Crippen molar-refractivity contribution >= 4 is 55.9 Å². The van der Waals surface area contributed by atoms with Crippen LogP contribution in [0.3, 0.4) is 0 Å². The third-order valence-electron chi connectivity index (χ3n) is 1.84. The SMILES string of the molecule is Nc1noc(-c2ccc(I)c(Cl)c2)c1Br. The van der Waals surface area contributed by atoms with Crippen molar-refractivity contribution in [1.29, 1.82) is 0 Å². The van der Waals surface area contributed by atoms with Gasteiger partial charge >= 0.3 is 0 Å². The van der Waals surface area contributed by atoms with Crippen LogP contribution in [0.15, 0.2) is 27.2 Å². The summed E-state index contributed by atoms with van der Waals surface area (Å²) in [6.07, 6.45) is 0. The highest BCUT2D eigenvalue weighted by atomic mass is 127. The molecule has 0 aliphatic heterocycles. The summed E-state index contributed by atoms with van der Waals surface area (Å²) in [5, 5.41) is 4.33. The number of nitrogen functional groups attached to an aromatic ring is 1. The van der Waals surface area contributed by atoms with Crippen LogP contribution in [-0.2, 0) is 0 Å². The maximum Gasteiger partial charge on any atom is 0.183 e. The number of halogens is 3. The summed E-state index contributed by atoms with van der Waals surface area (Å²) in [7, 11) is 0. The van der Waals surface area contributed by atoms with Gasteiger partial charge in [0.2, 0.25) is 0 Å². The van der Waals surface area contributed by atoms with E-state index >= 15 is 0 Å². The highest BCUT2D eigenvalue weighted by Crippen LogP contribution is 2.34. The fourth-order valence-electron chi connectivity index (χ4n) is 1.11. The van der Waals surface area contributed by atoms with Crippen LogP contribution in [0.2, 0.25) is 5.02 Å². The fraction of sp³-hybridized carbons (Fsp3) is 0. The summed E-state index contributed by atoms with van der Waals surface area (Å²) in [5.41, 5.74) is 6.40. The molecular formula is C9H5BrClIN2O.